The fourth-order valence-corrected chi connectivity index (χ4v) is 2.67. The largest absolute Gasteiger partial charge is 0.337 e. The van der Waals surface area contributed by atoms with Crippen LogP contribution in [0.3, 0.4) is 0 Å². The summed E-state index contributed by atoms with van der Waals surface area (Å²) in [6.07, 6.45) is 3.25. The number of imidazole rings is 1. The number of carbonyl (C=O) groups excluding carboxylic acids is 1. The Labute approximate surface area is 147 Å². The van der Waals surface area contributed by atoms with Crippen LogP contribution >= 0.6 is 11.6 Å². The predicted molar refractivity (Wildman–Crippen MR) is 96.5 cm³/mol. The van der Waals surface area contributed by atoms with Gasteiger partial charge in [-0.1, -0.05) is 17.7 Å². The Hall–Kier alpha value is -3.25. The molecule has 4 aromatic rings. The summed E-state index contributed by atoms with van der Waals surface area (Å²) in [5.74, 6) is 0.358. The van der Waals surface area contributed by atoms with Crippen molar-refractivity contribution >= 4 is 34.2 Å². The number of aromatic amines is 1. The first-order chi connectivity index (χ1) is 12.2. The van der Waals surface area contributed by atoms with Crippen molar-refractivity contribution in [2.45, 2.75) is 0 Å². The van der Waals surface area contributed by atoms with Crippen molar-refractivity contribution in [1.82, 2.24) is 19.9 Å². The lowest BCUT2D eigenvalue weighted by atomic mass is 10.2. The van der Waals surface area contributed by atoms with E-state index < -0.39 is 0 Å². The fraction of sp³-hybridized carbons (Fsp3) is 0. The number of hydrogen-bond donors (Lipinski definition) is 2. The molecule has 6 nitrogen and oxygen atoms in total. The van der Waals surface area contributed by atoms with Crippen molar-refractivity contribution in [3.63, 3.8) is 0 Å². The molecule has 0 atom stereocenters. The highest BCUT2D eigenvalue weighted by Crippen LogP contribution is 2.22. The van der Waals surface area contributed by atoms with Crippen LogP contribution < -0.4 is 5.32 Å². The topological polar surface area (TPSA) is 83.6 Å². The minimum Gasteiger partial charge on any atom is -0.337 e. The van der Waals surface area contributed by atoms with Gasteiger partial charge in [0.05, 0.1) is 16.6 Å². The molecule has 0 unspecified atom stereocenters. The first-order valence-electron chi connectivity index (χ1n) is 7.54. The number of H-pyrrole nitrogens is 1. The van der Waals surface area contributed by atoms with Crippen molar-refractivity contribution < 1.29 is 4.79 Å². The third-order valence-electron chi connectivity index (χ3n) is 3.65. The van der Waals surface area contributed by atoms with Crippen LogP contribution in [0, 0.1) is 0 Å². The van der Waals surface area contributed by atoms with Crippen LogP contribution in [0.1, 0.15) is 10.4 Å². The van der Waals surface area contributed by atoms with Gasteiger partial charge in [-0.05, 0) is 42.5 Å². The van der Waals surface area contributed by atoms with Gasteiger partial charge in [0.15, 0.2) is 5.82 Å². The number of aromatic nitrogens is 4. The quantitative estimate of drug-likeness (QED) is 0.549. The highest BCUT2D eigenvalue weighted by Gasteiger charge is 2.12. The van der Waals surface area contributed by atoms with Gasteiger partial charge >= 0.3 is 0 Å². The first-order valence-corrected chi connectivity index (χ1v) is 7.91. The molecule has 1 amide bonds. The Morgan fingerprint density at radius 2 is 1.92 bits per heavy atom. The van der Waals surface area contributed by atoms with Gasteiger partial charge in [0.25, 0.3) is 5.91 Å². The van der Waals surface area contributed by atoms with Gasteiger partial charge < -0.3 is 10.3 Å². The monoisotopic (exact) mass is 349 g/mol. The van der Waals surface area contributed by atoms with Crippen LogP contribution in [-0.4, -0.2) is 25.8 Å². The van der Waals surface area contributed by atoms with Gasteiger partial charge in [0.2, 0.25) is 0 Å². The van der Waals surface area contributed by atoms with Crippen molar-refractivity contribution in [3.05, 3.63) is 71.6 Å². The maximum absolute atomic E-state index is 12.3. The van der Waals surface area contributed by atoms with Gasteiger partial charge in [0.1, 0.15) is 10.8 Å². The van der Waals surface area contributed by atoms with E-state index in [2.05, 4.69) is 25.3 Å². The van der Waals surface area contributed by atoms with E-state index in [9.17, 15) is 4.79 Å². The summed E-state index contributed by atoms with van der Waals surface area (Å²) in [6.45, 7) is 0. The van der Waals surface area contributed by atoms with Crippen LogP contribution in [0.4, 0.5) is 5.69 Å². The molecule has 0 spiro atoms. The minimum absolute atomic E-state index is 0.167. The number of rotatable bonds is 3. The number of carbonyl (C=O) groups is 1. The van der Waals surface area contributed by atoms with Crippen LogP contribution in [0.15, 0.2) is 60.9 Å². The minimum atomic E-state index is -0.318. The van der Waals surface area contributed by atoms with Gasteiger partial charge in [0, 0.05) is 18.1 Å². The summed E-state index contributed by atoms with van der Waals surface area (Å²) in [4.78, 5) is 28.2. The molecule has 7 heteroatoms. The lowest BCUT2D eigenvalue weighted by Gasteiger charge is -2.06. The predicted octanol–water partition coefficient (Wildman–Crippen LogP) is 3.93. The molecule has 0 bridgehead atoms. The smallest absolute Gasteiger partial charge is 0.258 e. The lowest BCUT2D eigenvalue weighted by Crippen LogP contribution is -2.12. The number of amides is 1. The van der Waals surface area contributed by atoms with Crippen LogP contribution in [0.2, 0.25) is 5.15 Å². The zero-order valence-electron chi connectivity index (χ0n) is 12.9. The van der Waals surface area contributed by atoms with Gasteiger partial charge in [-0.2, -0.15) is 0 Å². The number of halogens is 1. The van der Waals surface area contributed by atoms with Crippen LogP contribution in [0.5, 0.6) is 0 Å². The molecule has 1 aromatic carbocycles. The number of fused-ring (bicyclic) bond motifs is 1. The first kappa shape index (κ1) is 15.3. The molecule has 0 aliphatic carbocycles. The normalized spacial score (nSPS) is 10.8. The zero-order valence-corrected chi connectivity index (χ0v) is 13.7. The number of pyridine rings is 2. The summed E-state index contributed by atoms with van der Waals surface area (Å²) < 4.78 is 0. The SMILES string of the molecule is O=C(Nc1ccc2nc(-c3ccccn3)[nH]c2c1)c1cccnc1Cl. The van der Waals surface area contributed by atoms with Crippen LogP contribution in [0.25, 0.3) is 22.6 Å². The Morgan fingerprint density at radius 3 is 2.72 bits per heavy atom. The van der Waals surface area contributed by atoms with Gasteiger partial charge in [-0.3, -0.25) is 9.78 Å². The lowest BCUT2D eigenvalue weighted by molar-refractivity contribution is 0.102. The fourth-order valence-electron chi connectivity index (χ4n) is 2.47. The van der Waals surface area contributed by atoms with Crippen LogP contribution in [-0.2, 0) is 0 Å². The number of anilines is 1. The van der Waals surface area contributed by atoms with Crippen molar-refractivity contribution in [3.8, 4) is 11.5 Å². The Kier molecular flexibility index (Phi) is 3.87. The molecule has 0 aliphatic rings. The summed E-state index contributed by atoms with van der Waals surface area (Å²) in [6, 6.07) is 14.4. The highest BCUT2D eigenvalue weighted by molar-refractivity contribution is 6.33. The molecule has 2 N–H and O–H groups in total. The summed E-state index contributed by atoms with van der Waals surface area (Å²) in [5, 5.41) is 2.98. The van der Waals surface area contributed by atoms with Crippen molar-refractivity contribution in [2.75, 3.05) is 5.32 Å². The summed E-state index contributed by atoms with van der Waals surface area (Å²) in [7, 11) is 0. The molecule has 0 aliphatic heterocycles. The second kappa shape index (κ2) is 6.33. The summed E-state index contributed by atoms with van der Waals surface area (Å²) in [5.41, 5.74) is 3.30. The number of hydrogen-bond acceptors (Lipinski definition) is 4. The van der Waals surface area contributed by atoms with E-state index in [1.807, 2.05) is 30.3 Å². The van der Waals surface area contributed by atoms with E-state index in [1.165, 1.54) is 6.20 Å². The molecule has 0 saturated heterocycles. The number of nitrogens with zero attached hydrogens (tertiary/aromatic N) is 3. The third kappa shape index (κ3) is 3.07. The molecule has 0 saturated carbocycles. The maximum atomic E-state index is 12.3. The van der Waals surface area contributed by atoms with E-state index in [4.69, 9.17) is 11.6 Å². The molecule has 3 aromatic heterocycles. The average molecular weight is 350 g/mol. The Bertz CT molecular complexity index is 1060. The standard InChI is InChI=1S/C18H12ClN5O/c19-16-12(4-3-9-21-16)18(25)22-11-6-7-13-15(10-11)24-17(23-13)14-5-1-2-8-20-14/h1-10H,(H,22,25)(H,23,24). The molecule has 0 fully saturated rings. The Balaban J connectivity index is 1.63. The van der Waals surface area contributed by atoms with Crippen molar-refractivity contribution in [2.24, 2.45) is 0 Å². The molecule has 122 valence electrons. The van der Waals surface area contributed by atoms with E-state index >= 15 is 0 Å². The molecule has 4 rings (SSSR count). The third-order valence-corrected chi connectivity index (χ3v) is 3.95. The maximum Gasteiger partial charge on any atom is 0.258 e. The molecule has 3 heterocycles. The molecule has 25 heavy (non-hydrogen) atoms. The van der Waals surface area contributed by atoms with E-state index in [0.717, 1.165) is 16.7 Å². The Morgan fingerprint density at radius 1 is 1.04 bits per heavy atom. The number of benzene rings is 1. The highest BCUT2D eigenvalue weighted by atomic mass is 35.5. The summed E-state index contributed by atoms with van der Waals surface area (Å²) >= 11 is 5.96. The van der Waals surface area contributed by atoms with Crippen molar-refractivity contribution in [1.29, 1.82) is 0 Å². The molecular weight excluding hydrogens is 338 g/mol. The molecular formula is C18H12ClN5O. The van der Waals surface area contributed by atoms with Gasteiger partial charge in [-0.15, -0.1) is 0 Å². The second-order valence-corrected chi connectivity index (χ2v) is 5.69. The van der Waals surface area contributed by atoms with E-state index in [0.29, 0.717) is 17.1 Å². The molecule has 0 radical (unpaired) electrons. The van der Waals surface area contributed by atoms with E-state index in [-0.39, 0.29) is 11.1 Å². The second-order valence-electron chi connectivity index (χ2n) is 5.33. The average Bonchev–Trinajstić information content (AvgIpc) is 3.06. The zero-order chi connectivity index (χ0) is 17.2. The number of nitrogens with one attached hydrogen (secondary N) is 2. The van der Waals surface area contributed by atoms with E-state index in [1.54, 1.807) is 24.4 Å². The van der Waals surface area contributed by atoms with Gasteiger partial charge in [-0.25, -0.2) is 9.97 Å².